The minimum Gasteiger partial charge on any atom is -0.451 e. The normalized spacial score (nSPS) is 20.9. The molecular formula is C25H39N3O4S. The zero-order valence-electron chi connectivity index (χ0n) is 20.8. The van der Waals surface area contributed by atoms with Crippen LogP contribution in [-0.2, 0) is 10.0 Å². The van der Waals surface area contributed by atoms with Gasteiger partial charge in [-0.15, -0.1) is 0 Å². The summed E-state index contributed by atoms with van der Waals surface area (Å²) in [5, 5.41) is 3.64. The van der Waals surface area contributed by atoms with Gasteiger partial charge in [0.25, 0.3) is 5.91 Å². The van der Waals surface area contributed by atoms with Crippen LogP contribution in [0.5, 0.6) is 0 Å². The highest BCUT2D eigenvalue weighted by Crippen LogP contribution is 2.31. The summed E-state index contributed by atoms with van der Waals surface area (Å²) in [5.41, 5.74) is 1.18. The number of carbonyl (C=O) groups excluding carboxylic acids is 1. The molecule has 1 aromatic carbocycles. The predicted molar refractivity (Wildman–Crippen MR) is 132 cm³/mol. The van der Waals surface area contributed by atoms with Crippen molar-refractivity contribution in [3.8, 4) is 0 Å². The van der Waals surface area contributed by atoms with E-state index in [0.29, 0.717) is 53.9 Å². The van der Waals surface area contributed by atoms with Gasteiger partial charge in [-0.1, -0.05) is 34.6 Å². The van der Waals surface area contributed by atoms with Crippen molar-refractivity contribution in [3.05, 3.63) is 29.5 Å². The van der Waals surface area contributed by atoms with E-state index in [2.05, 4.69) is 44.8 Å². The van der Waals surface area contributed by atoms with Gasteiger partial charge in [0, 0.05) is 37.1 Å². The first-order chi connectivity index (χ1) is 15.6. The number of sulfonamides is 1. The van der Waals surface area contributed by atoms with Crippen molar-refractivity contribution in [1.29, 1.82) is 0 Å². The second-order valence-corrected chi connectivity index (χ2v) is 11.7. The Morgan fingerprint density at radius 2 is 1.85 bits per heavy atom. The molecule has 2 heterocycles. The van der Waals surface area contributed by atoms with Crippen LogP contribution >= 0.6 is 0 Å². The molecule has 0 saturated carbocycles. The molecule has 1 aromatic heterocycles. The van der Waals surface area contributed by atoms with Gasteiger partial charge < -0.3 is 14.6 Å². The number of furan rings is 1. The molecule has 1 amide bonds. The van der Waals surface area contributed by atoms with E-state index < -0.39 is 10.0 Å². The predicted octanol–water partition coefficient (Wildman–Crippen LogP) is 4.12. The largest absolute Gasteiger partial charge is 0.451 e. The van der Waals surface area contributed by atoms with Crippen molar-refractivity contribution >= 4 is 26.9 Å². The Hall–Kier alpha value is -1.90. The van der Waals surface area contributed by atoms with E-state index in [1.807, 2.05) is 6.92 Å². The second kappa shape index (κ2) is 10.6. The summed E-state index contributed by atoms with van der Waals surface area (Å²) in [6, 6.07) is 4.89. The van der Waals surface area contributed by atoms with E-state index >= 15 is 0 Å². The van der Waals surface area contributed by atoms with Crippen LogP contribution in [0, 0.1) is 24.7 Å². The van der Waals surface area contributed by atoms with Crippen molar-refractivity contribution in [3.63, 3.8) is 0 Å². The van der Waals surface area contributed by atoms with Crippen LogP contribution in [0.3, 0.4) is 0 Å². The minimum atomic E-state index is -3.60. The topological polar surface area (TPSA) is 82.9 Å². The van der Waals surface area contributed by atoms with Gasteiger partial charge in [-0.3, -0.25) is 4.79 Å². The van der Waals surface area contributed by atoms with E-state index in [1.54, 1.807) is 22.5 Å². The van der Waals surface area contributed by atoms with Gasteiger partial charge in [-0.25, -0.2) is 8.42 Å². The summed E-state index contributed by atoms with van der Waals surface area (Å²) in [6.07, 6.45) is 1.04. The molecule has 1 saturated heterocycles. The number of amides is 1. The molecule has 0 spiro atoms. The third kappa shape index (κ3) is 5.78. The van der Waals surface area contributed by atoms with E-state index in [9.17, 15) is 13.2 Å². The van der Waals surface area contributed by atoms with Gasteiger partial charge >= 0.3 is 0 Å². The first-order valence-electron chi connectivity index (χ1n) is 12.1. The molecule has 1 N–H and O–H groups in total. The quantitative estimate of drug-likeness (QED) is 0.588. The number of hydrogen-bond donors (Lipinski definition) is 1. The Labute approximate surface area is 198 Å². The summed E-state index contributed by atoms with van der Waals surface area (Å²) < 4.78 is 34.0. The molecule has 3 atom stereocenters. The average Bonchev–Trinajstić information content (AvgIpc) is 3.11. The number of rotatable bonds is 9. The Balaban J connectivity index is 1.78. The second-order valence-electron chi connectivity index (χ2n) is 9.78. The molecule has 1 aliphatic heterocycles. The third-order valence-corrected chi connectivity index (χ3v) is 8.49. The summed E-state index contributed by atoms with van der Waals surface area (Å²) in [5.74, 6) is 0.960. The van der Waals surface area contributed by atoms with Crippen molar-refractivity contribution in [1.82, 2.24) is 14.5 Å². The molecular weight excluding hydrogens is 438 g/mol. The van der Waals surface area contributed by atoms with Crippen LogP contribution in [0.1, 0.15) is 57.2 Å². The van der Waals surface area contributed by atoms with Gasteiger partial charge in [0.1, 0.15) is 5.58 Å². The average molecular weight is 478 g/mol. The molecule has 1 aliphatic rings. The molecule has 0 bridgehead atoms. The highest BCUT2D eigenvalue weighted by Gasteiger charge is 2.32. The highest BCUT2D eigenvalue weighted by atomic mass is 32.2. The fraction of sp³-hybridized carbons (Fsp3) is 0.640. The van der Waals surface area contributed by atoms with Crippen LogP contribution < -0.4 is 5.32 Å². The van der Waals surface area contributed by atoms with Gasteiger partial charge in [-0.2, -0.15) is 4.31 Å². The maximum Gasteiger partial charge on any atom is 0.287 e. The monoisotopic (exact) mass is 477 g/mol. The fourth-order valence-corrected chi connectivity index (χ4v) is 6.57. The van der Waals surface area contributed by atoms with Crippen molar-refractivity contribution in [2.24, 2.45) is 17.8 Å². The number of aryl methyl sites for hydroxylation is 1. The number of carbonyl (C=O) groups is 1. The zero-order valence-corrected chi connectivity index (χ0v) is 21.7. The lowest BCUT2D eigenvalue weighted by Crippen LogP contribution is -2.42. The highest BCUT2D eigenvalue weighted by molar-refractivity contribution is 7.89. The fourth-order valence-electron chi connectivity index (χ4n) is 4.86. The molecule has 184 valence electrons. The molecule has 1 fully saturated rings. The molecule has 3 rings (SSSR count). The van der Waals surface area contributed by atoms with Crippen LogP contribution in [0.4, 0.5) is 0 Å². The first kappa shape index (κ1) is 25.7. The van der Waals surface area contributed by atoms with Crippen molar-refractivity contribution in [2.75, 3.05) is 39.3 Å². The molecule has 8 heteroatoms. The molecule has 0 aliphatic carbocycles. The standard InChI is InChI=1S/C25H39N3O4S/c1-7-27(8-2)14-19(5)13-26-25(29)24-20(6)22-12-21(9-10-23(22)32-24)33(30,31)28-15-17(3)11-18(4)16-28/h9-10,12,17-19H,7-8,11,13-16H2,1-6H3,(H,26,29)/t17-,18-,19-/m1/s1. The summed E-state index contributed by atoms with van der Waals surface area (Å²) in [7, 11) is -3.60. The lowest BCUT2D eigenvalue weighted by molar-refractivity contribution is 0.0918. The smallest absolute Gasteiger partial charge is 0.287 e. The van der Waals surface area contributed by atoms with E-state index in [1.165, 1.54) is 0 Å². The minimum absolute atomic E-state index is 0.245. The SMILES string of the molecule is CCN(CC)C[C@H](C)CNC(=O)c1oc2ccc(S(=O)(=O)N3C[C@H](C)C[C@@H](C)C3)cc2c1C. The van der Waals surface area contributed by atoms with E-state index in [4.69, 9.17) is 4.42 Å². The van der Waals surface area contributed by atoms with Crippen LogP contribution in [0.15, 0.2) is 27.5 Å². The Morgan fingerprint density at radius 1 is 1.21 bits per heavy atom. The van der Waals surface area contributed by atoms with Gasteiger partial charge in [0.2, 0.25) is 10.0 Å². The van der Waals surface area contributed by atoms with Crippen LogP contribution in [0.25, 0.3) is 11.0 Å². The van der Waals surface area contributed by atoms with Crippen molar-refractivity contribution in [2.45, 2.75) is 52.9 Å². The maximum absolute atomic E-state index is 13.3. The number of fused-ring (bicyclic) bond motifs is 1. The zero-order chi connectivity index (χ0) is 24.3. The summed E-state index contributed by atoms with van der Waals surface area (Å²) >= 11 is 0. The Kier molecular flexibility index (Phi) is 8.24. The summed E-state index contributed by atoms with van der Waals surface area (Å²) in [6.45, 7) is 16.9. The lowest BCUT2D eigenvalue weighted by Gasteiger charge is -2.34. The molecule has 0 radical (unpaired) electrons. The number of nitrogens with zero attached hydrogens (tertiary/aromatic N) is 2. The van der Waals surface area contributed by atoms with Crippen LogP contribution in [-0.4, -0.2) is 62.8 Å². The molecule has 7 nitrogen and oxygen atoms in total. The number of piperidine rings is 1. The first-order valence-corrected chi connectivity index (χ1v) is 13.5. The number of hydrogen-bond acceptors (Lipinski definition) is 5. The van der Waals surface area contributed by atoms with Crippen LogP contribution in [0.2, 0.25) is 0 Å². The Morgan fingerprint density at radius 3 is 2.45 bits per heavy atom. The molecule has 33 heavy (non-hydrogen) atoms. The maximum atomic E-state index is 13.3. The molecule has 0 unspecified atom stereocenters. The van der Waals surface area contributed by atoms with E-state index in [0.717, 1.165) is 26.1 Å². The number of nitrogens with one attached hydrogen (secondary N) is 1. The van der Waals surface area contributed by atoms with Crippen molar-refractivity contribution < 1.29 is 17.6 Å². The lowest BCUT2D eigenvalue weighted by atomic mass is 9.94. The van der Waals surface area contributed by atoms with E-state index in [-0.39, 0.29) is 16.6 Å². The summed E-state index contributed by atoms with van der Waals surface area (Å²) in [4.78, 5) is 15.4. The third-order valence-electron chi connectivity index (χ3n) is 6.66. The van der Waals surface area contributed by atoms with Gasteiger partial charge in [0.05, 0.1) is 4.90 Å². The molecule has 2 aromatic rings. The number of benzene rings is 1. The van der Waals surface area contributed by atoms with Gasteiger partial charge in [-0.05, 0) is 62.4 Å². The van der Waals surface area contributed by atoms with Gasteiger partial charge in [0.15, 0.2) is 5.76 Å². The Bertz CT molecular complexity index is 1060.